The molecule has 1 heterocycles. The monoisotopic (exact) mass is 430 g/mol. The highest BCUT2D eigenvalue weighted by Gasteiger charge is 2.24. The van der Waals surface area contributed by atoms with E-state index in [1.165, 1.54) is 24.3 Å². The van der Waals surface area contributed by atoms with Crippen LogP contribution < -0.4 is 15.5 Å². The van der Waals surface area contributed by atoms with E-state index >= 15 is 0 Å². The van der Waals surface area contributed by atoms with E-state index in [0.717, 1.165) is 30.8 Å². The lowest BCUT2D eigenvalue weighted by Crippen LogP contribution is -2.39. The first-order chi connectivity index (χ1) is 14.3. The molecular weight excluding hydrogens is 408 g/mol. The van der Waals surface area contributed by atoms with Gasteiger partial charge in [0.25, 0.3) is 11.6 Å². The fourth-order valence-corrected chi connectivity index (χ4v) is 3.65. The largest absolute Gasteiger partial charge is 0.371 e. The van der Waals surface area contributed by atoms with Crippen molar-refractivity contribution in [1.82, 2.24) is 10.6 Å². The van der Waals surface area contributed by atoms with E-state index in [2.05, 4.69) is 15.5 Å². The molecule has 0 saturated carbocycles. The van der Waals surface area contributed by atoms with Crippen LogP contribution in [-0.2, 0) is 4.79 Å². The predicted octanol–water partition coefficient (Wildman–Crippen LogP) is 2.93. The summed E-state index contributed by atoms with van der Waals surface area (Å²) in [6.07, 6.45) is 0.951. The summed E-state index contributed by atoms with van der Waals surface area (Å²) in [6.45, 7) is 4.09. The van der Waals surface area contributed by atoms with Gasteiger partial charge in [0, 0.05) is 48.0 Å². The van der Waals surface area contributed by atoms with Crippen molar-refractivity contribution < 1.29 is 14.5 Å². The van der Waals surface area contributed by atoms with Crippen molar-refractivity contribution in [3.8, 4) is 0 Å². The molecule has 1 atom stereocenters. The zero-order chi connectivity index (χ0) is 21.7. The second kappa shape index (κ2) is 9.58. The minimum atomic E-state index is -0.570. The molecule has 2 aromatic carbocycles. The fourth-order valence-electron chi connectivity index (χ4n) is 3.49. The Balaban J connectivity index is 1.44. The van der Waals surface area contributed by atoms with E-state index in [-0.39, 0.29) is 23.7 Å². The molecule has 2 amide bonds. The van der Waals surface area contributed by atoms with Crippen LogP contribution in [0, 0.1) is 23.0 Å². The van der Waals surface area contributed by atoms with Crippen LogP contribution in [0.25, 0.3) is 0 Å². The molecule has 158 valence electrons. The maximum absolute atomic E-state index is 12.1. The van der Waals surface area contributed by atoms with Gasteiger partial charge in [-0.2, -0.15) is 0 Å². The molecule has 1 aliphatic rings. The zero-order valence-electron chi connectivity index (χ0n) is 16.6. The Morgan fingerprint density at radius 2 is 2.03 bits per heavy atom. The number of nitrogens with zero attached hydrogens (tertiary/aromatic N) is 2. The molecule has 1 fully saturated rings. The minimum absolute atomic E-state index is 0.139. The number of nitro groups is 1. The Labute approximate surface area is 179 Å². The van der Waals surface area contributed by atoms with Crippen LogP contribution in [0.2, 0.25) is 5.02 Å². The number of halogens is 1. The number of benzene rings is 2. The lowest BCUT2D eigenvalue weighted by molar-refractivity contribution is -0.384. The third-order valence-electron chi connectivity index (χ3n) is 5.11. The number of nitro benzene ring substituents is 1. The van der Waals surface area contributed by atoms with Gasteiger partial charge in [-0.1, -0.05) is 23.7 Å². The number of rotatable bonds is 7. The van der Waals surface area contributed by atoms with Crippen molar-refractivity contribution in [2.45, 2.75) is 13.3 Å². The van der Waals surface area contributed by atoms with Gasteiger partial charge in [-0.3, -0.25) is 19.7 Å². The molecule has 1 saturated heterocycles. The van der Waals surface area contributed by atoms with Crippen LogP contribution >= 0.6 is 11.6 Å². The summed E-state index contributed by atoms with van der Waals surface area (Å²) in [7, 11) is 0. The molecule has 30 heavy (non-hydrogen) atoms. The minimum Gasteiger partial charge on any atom is -0.371 e. The van der Waals surface area contributed by atoms with Crippen molar-refractivity contribution in [1.29, 1.82) is 0 Å². The first kappa shape index (κ1) is 21.6. The summed E-state index contributed by atoms with van der Waals surface area (Å²) in [6, 6.07) is 11.2. The Morgan fingerprint density at radius 1 is 1.23 bits per heavy atom. The highest BCUT2D eigenvalue weighted by Crippen LogP contribution is 2.29. The molecule has 2 aromatic rings. The number of anilines is 1. The van der Waals surface area contributed by atoms with E-state index in [1.807, 2.05) is 25.1 Å². The summed E-state index contributed by atoms with van der Waals surface area (Å²) in [5, 5.41) is 16.8. The molecule has 0 aromatic heterocycles. The SMILES string of the molecule is Cc1ccc(Cl)cc1N1CCC(CNC(=O)CNC(=O)c2cccc([N+](=O)[O-])c2)C1. The van der Waals surface area contributed by atoms with Crippen LogP contribution in [-0.4, -0.2) is 42.9 Å². The number of hydrogen-bond acceptors (Lipinski definition) is 5. The Kier molecular flexibility index (Phi) is 6.89. The van der Waals surface area contributed by atoms with Gasteiger partial charge in [-0.05, 0) is 43.0 Å². The van der Waals surface area contributed by atoms with Gasteiger partial charge >= 0.3 is 0 Å². The molecule has 1 unspecified atom stereocenters. The maximum Gasteiger partial charge on any atom is 0.270 e. The number of non-ortho nitro benzene ring substituents is 1. The fraction of sp³-hybridized carbons (Fsp3) is 0.333. The summed E-state index contributed by atoms with van der Waals surface area (Å²) < 4.78 is 0. The van der Waals surface area contributed by atoms with Gasteiger partial charge < -0.3 is 15.5 Å². The lowest BCUT2D eigenvalue weighted by Gasteiger charge is -2.21. The summed E-state index contributed by atoms with van der Waals surface area (Å²) >= 11 is 6.11. The van der Waals surface area contributed by atoms with Crippen molar-refractivity contribution >= 4 is 34.8 Å². The molecule has 1 aliphatic heterocycles. The van der Waals surface area contributed by atoms with E-state index in [9.17, 15) is 19.7 Å². The quantitative estimate of drug-likeness (QED) is 0.519. The van der Waals surface area contributed by atoms with Crippen molar-refractivity contribution in [3.05, 3.63) is 68.7 Å². The molecule has 0 spiro atoms. The van der Waals surface area contributed by atoms with Crippen molar-refractivity contribution in [2.24, 2.45) is 5.92 Å². The standard InChI is InChI=1S/C21H23ClN4O4/c1-14-5-6-17(22)10-19(14)25-8-7-15(13-25)11-23-20(27)12-24-21(28)16-3-2-4-18(9-16)26(29)30/h2-6,9-10,15H,7-8,11-13H2,1H3,(H,23,27)(H,24,28). The first-order valence-electron chi connectivity index (χ1n) is 9.64. The molecule has 0 aliphatic carbocycles. The summed E-state index contributed by atoms with van der Waals surface area (Å²) in [5.74, 6) is -0.525. The lowest BCUT2D eigenvalue weighted by atomic mass is 10.1. The molecule has 9 heteroatoms. The second-order valence-corrected chi connectivity index (χ2v) is 7.76. The Bertz CT molecular complexity index is 966. The third kappa shape index (κ3) is 5.48. The van der Waals surface area contributed by atoms with Crippen LogP contribution in [0.15, 0.2) is 42.5 Å². The topological polar surface area (TPSA) is 105 Å². The number of hydrogen-bond donors (Lipinski definition) is 2. The van der Waals surface area contributed by atoms with Gasteiger partial charge in [0.05, 0.1) is 11.5 Å². The number of nitrogens with one attached hydrogen (secondary N) is 2. The molecular formula is C21H23ClN4O4. The van der Waals surface area contributed by atoms with E-state index in [0.29, 0.717) is 17.5 Å². The molecule has 8 nitrogen and oxygen atoms in total. The third-order valence-corrected chi connectivity index (χ3v) is 5.35. The first-order valence-corrected chi connectivity index (χ1v) is 10.0. The zero-order valence-corrected chi connectivity index (χ0v) is 17.3. The highest BCUT2D eigenvalue weighted by atomic mass is 35.5. The van der Waals surface area contributed by atoms with Gasteiger partial charge in [-0.25, -0.2) is 0 Å². The molecule has 2 N–H and O–H groups in total. The smallest absolute Gasteiger partial charge is 0.270 e. The molecule has 3 rings (SSSR count). The van der Waals surface area contributed by atoms with Crippen LogP contribution in [0.3, 0.4) is 0 Å². The number of amides is 2. The molecule has 0 bridgehead atoms. The number of aryl methyl sites for hydroxylation is 1. The Hall–Kier alpha value is -3.13. The normalized spacial score (nSPS) is 15.7. The van der Waals surface area contributed by atoms with Gasteiger partial charge in [-0.15, -0.1) is 0 Å². The Morgan fingerprint density at radius 3 is 2.80 bits per heavy atom. The van der Waals surface area contributed by atoms with Gasteiger partial charge in [0.15, 0.2) is 0 Å². The number of carbonyl (C=O) groups is 2. The second-order valence-electron chi connectivity index (χ2n) is 7.33. The van der Waals surface area contributed by atoms with Crippen LogP contribution in [0.5, 0.6) is 0 Å². The van der Waals surface area contributed by atoms with Crippen molar-refractivity contribution in [3.63, 3.8) is 0 Å². The highest BCUT2D eigenvalue weighted by molar-refractivity contribution is 6.30. The van der Waals surface area contributed by atoms with Gasteiger partial charge in [0.2, 0.25) is 5.91 Å². The maximum atomic E-state index is 12.1. The van der Waals surface area contributed by atoms with E-state index < -0.39 is 10.8 Å². The number of carbonyl (C=O) groups excluding carboxylic acids is 2. The van der Waals surface area contributed by atoms with Crippen LogP contribution in [0.1, 0.15) is 22.3 Å². The molecule has 0 radical (unpaired) electrons. The van der Waals surface area contributed by atoms with Gasteiger partial charge in [0.1, 0.15) is 0 Å². The van der Waals surface area contributed by atoms with Crippen LogP contribution in [0.4, 0.5) is 11.4 Å². The van der Waals surface area contributed by atoms with E-state index in [4.69, 9.17) is 11.6 Å². The van der Waals surface area contributed by atoms with Crippen molar-refractivity contribution in [2.75, 3.05) is 31.1 Å². The summed E-state index contributed by atoms with van der Waals surface area (Å²) in [4.78, 5) is 36.7. The van der Waals surface area contributed by atoms with E-state index in [1.54, 1.807) is 0 Å². The average molecular weight is 431 g/mol. The predicted molar refractivity (Wildman–Crippen MR) is 115 cm³/mol. The average Bonchev–Trinajstić information content (AvgIpc) is 3.21. The summed E-state index contributed by atoms with van der Waals surface area (Å²) in [5.41, 5.74) is 2.24.